The van der Waals surface area contributed by atoms with E-state index in [-0.39, 0.29) is 6.61 Å². The van der Waals surface area contributed by atoms with Crippen LogP contribution in [0.2, 0.25) is 0 Å². The molecule has 0 saturated heterocycles. The summed E-state index contributed by atoms with van der Waals surface area (Å²) < 4.78 is 15.9. The predicted molar refractivity (Wildman–Crippen MR) is 78.7 cm³/mol. The first kappa shape index (κ1) is 16.6. The number of methoxy groups -OCH3 is 3. The Balaban J connectivity index is 2.85. The predicted octanol–water partition coefficient (Wildman–Crippen LogP) is 1.96. The van der Waals surface area contributed by atoms with Gasteiger partial charge in [-0.25, -0.2) is 0 Å². The Labute approximate surface area is 120 Å². The normalized spacial score (nSPS) is 12.1. The molecule has 1 aromatic rings. The second-order valence-corrected chi connectivity index (χ2v) is 4.53. The van der Waals surface area contributed by atoms with Crippen LogP contribution in [0.3, 0.4) is 0 Å². The molecular weight excluding hydrogens is 258 g/mol. The topological polar surface area (TPSA) is 60.0 Å². The van der Waals surface area contributed by atoms with Crippen molar-refractivity contribution in [1.29, 1.82) is 0 Å². The summed E-state index contributed by atoms with van der Waals surface area (Å²) in [7, 11) is 4.80. The van der Waals surface area contributed by atoms with E-state index in [1.165, 1.54) is 0 Å². The summed E-state index contributed by atoms with van der Waals surface area (Å²) in [6, 6.07) is 4.17. The summed E-state index contributed by atoms with van der Waals surface area (Å²) in [5, 5.41) is 12.4. The Kier molecular flexibility index (Phi) is 7.18. The molecule has 0 bridgehead atoms. The van der Waals surface area contributed by atoms with Crippen molar-refractivity contribution >= 4 is 0 Å². The molecule has 0 aliphatic rings. The van der Waals surface area contributed by atoms with Gasteiger partial charge < -0.3 is 24.6 Å². The van der Waals surface area contributed by atoms with Crippen LogP contribution in [0, 0.1) is 0 Å². The van der Waals surface area contributed by atoms with Gasteiger partial charge in [-0.05, 0) is 30.5 Å². The summed E-state index contributed by atoms with van der Waals surface area (Å²) >= 11 is 0. The number of nitrogens with one attached hydrogen (secondary N) is 1. The molecule has 0 spiro atoms. The standard InChI is InChI=1S/C15H25NO4/c1-5-12(6-7-17)16-10-11-8-13(18-2)15(20-4)14(9-11)19-3/h8-9,12,16-17H,5-7,10H2,1-4H3. The third-order valence-corrected chi connectivity index (χ3v) is 3.29. The number of benzene rings is 1. The Hall–Kier alpha value is -1.46. The molecule has 1 unspecified atom stereocenters. The van der Waals surface area contributed by atoms with Crippen LogP contribution in [-0.4, -0.2) is 39.1 Å². The van der Waals surface area contributed by atoms with Crippen molar-refractivity contribution in [2.45, 2.75) is 32.4 Å². The number of aliphatic hydroxyl groups is 1. The van der Waals surface area contributed by atoms with E-state index in [4.69, 9.17) is 19.3 Å². The van der Waals surface area contributed by atoms with Gasteiger partial charge in [0.15, 0.2) is 11.5 Å². The van der Waals surface area contributed by atoms with Gasteiger partial charge in [0.25, 0.3) is 0 Å². The van der Waals surface area contributed by atoms with E-state index in [0.717, 1.165) is 18.4 Å². The Morgan fingerprint density at radius 1 is 1.10 bits per heavy atom. The third kappa shape index (κ3) is 4.28. The van der Waals surface area contributed by atoms with Crippen LogP contribution in [0.4, 0.5) is 0 Å². The minimum atomic E-state index is 0.195. The van der Waals surface area contributed by atoms with Gasteiger partial charge in [-0.2, -0.15) is 0 Å². The van der Waals surface area contributed by atoms with Crippen LogP contribution in [0.5, 0.6) is 17.2 Å². The Morgan fingerprint density at radius 2 is 1.70 bits per heavy atom. The summed E-state index contributed by atoms with van der Waals surface area (Å²) in [4.78, 5) is 0. The van der Waals surface area contributed by atoms with Crippen molar-refractivity contribution in [3.63, 3.8) is 0 Å². The van der Waals surface area contributed by atoms with E-state index < -0.39 is 0 Å². The average molecular weight is 283 g/mol. The number of ether oxygens (including phenoxy) is 3. The maximum Gasteiger partial charge on any atom is 0.203 e. The second kappa shape index (κ2) is 8.66. The van der Waals surface area contributed by atoms with Crippen molar-refractivity contribution in [1.82, 2.24) is 5.32 Å². The fourth-order valence-electron chi connectivity index (χ4n) is 2.11. The zero-order chi connectivity index (χ0) is 15.0. The average Bonchev–Trinajstić information content (AvgIpc) is 2.49. The fourth-order valence-corrected chi connectivity index (χ4v) is 2.11. The van der Waals surface area contributed by atoms with Gasteiger partial charge in [0.1, 0.15) is 0 Å². The maximum atomic E-state index is 9.00. The van der Waals surface area contributed by atoms with Gasteiger partial charge >= 0.3 is 0 Å². The molecule has 0 aliphatic carbocycles. The highest BCUT2D eigenvalue weighted by molar-refractivity contribution is 5.53. The van der Waals surface area contributed by atoms with E-state index in [1.807, 2.05) is 12.1 Å². The fraction of sp³-hybridized carbons (Fsp3) is 0.600. The van der Waals surface area contributed by atoms with Gasteiger partial charge in [-0.1, -0.05) is 6.92 Å². The first-order chi connectivity index (χ1) is 9.69. The molecule has 0 aliphatic heterocycles. The van der Waals surface area contributed by atoms with Crippen molar-refractivity contribution in [3.8, 4) is 17.2 Å². The van der Waals surface area contributed by atoms with Gasteiger partial charge in [-0.15, -0.1) is 0 Å². The molecule has 0 aromatic heterocycles. The van der Waals surface area contributed by atoms with Crippen LogP contribution < -0.4 is 19.5 Å². The van der Waals surface area contributed by atoms with E-state index in [2.05, 4.69) is 12.2 Å². The molecule has 20 heavy (non-hydrogen) atoms. The largest absolute Gasteiger partial charge is 0.493 e. The molecule has 2 N–H and O–H groups in total. The maximum absolute atomic E-state index is 9.00. The summed E-state index contributed by atoms with van der Waals surface area (Å²) in [5.74, 6) is 1.90. The van der Waals surface area contributed by atoms with Crippen LogP contribution in [0.1, 0.15) is 25.3 Å². The number of rotatable bonds is 9. The summed E-state index contributed by atoms with van der Waals surface area (Å²) in [5.41, 5.74) is 1.05. The lowest BCUT2D eigenvalue weighted by atomic mass is 10.1. The molecule has 5 nitrogen and oxygen atoms in total. The number of aliphatic hydroxyl groups excluding tert-OH is 1. The van der Waals surface area contributed by atoms with Gasteiger partial charge in [-0.3, -0.25) is 0 Å². The SMILES string of the molecule is CCC(CCO)NCc1cc(OC)c(OC)c(OC)c1. The Morgan fingerprint density at radius 3 is 2.10 bits per heavy atom. The van der Waals surface area contributed by atoms with Crippen LogP contribution in [0.15, 0.2) is 12.1 Å². The molecule has 114 valence electrons. The smallest absolute Gasteiger partial charge is 0.203 e. The highest BCUT2D eigenvalue weighted by Gasteiger charge is 2.13. The van der Waals surface area contributed by atoms with Crippen molar-refractivity contribution in [2.75, 3.05) is 27.9 Å². The molecule has 0 radical (unpaired) electrons. The highest BCUT2D eigenvalue weighted by Crippen LogP contribution is 2.38. The van der Waals surface area contributed by atoms with E-state index in [9.17, 15) is 0 Å². The molecule has 1 aromatic carbocycles. The summed E-state index contributed by atoms with van der Waals surface area (Å²) in [6.07, 6.45) is 1.73. The number of hydrogen-bond donors (Lipinski definition) is 2. The van der Waals surface area contributed by atoms with E-state index >= 15 is 0 Å². The van der Waals surface area contributed by atoms with Gasteiger partial charge in [0.2, 0.25) is 5.75 Å². The quantitative estimate of drug-likeness (QED) is 0.725. The zero-order valence-electron chi connectivity index (χ0n) is 12.7. The zero-order valence-corrected chi connectivity index (χ0v) is 12.7. The first-order valence-corrected chi connectivity index (χ1v) is 6.83. The summed E-state index contributed by atoms with van der Waals surface area (Å²) in [6.45, 7) is 2.98. The lowest BCUT2D eigenvalue weighted by Crippen LogP contribution is -2.28. The molecule has 0 heterocycles. The van der Waals surface area contributed by atoms with Crippen LogP contribution >= 0.6 is 0 Å². The van der Waals surface area contributed by atoms with Crippen molar-refractivity contribution in [2.24, 2.45) is 0 Å². The first-order valence-electron chi connectivity index (χ1n) is 6.83. The molecule has 0 fully saturated rings. The number of hydrogen-bond acceptors (Lipinski definition) is 5. The molecule has 1 rings (SSSR count). The highest BCUT2D eigenvalue weighted by atomic mass is 16.5. The van der Waals surface area contributed by atoms with Crippen molar-refractivity contribution < 1.29 is 19.3 Å². The second-order valence-electron chi connectivity index (χ2n) is 4.53. The lowest BCUT2D eigenvalue weighted by Gasteiger charge is -2.18. The Bertz CT molecular complexity index is 384. The molecular formula is C15H25NO4. The minimum Gasteiger partial charge on any atom is -0.493 e. The van der Waals surface area contributed by atoms with Gasteiger partial charge in [0.05, 0.1) is 21.3 Å². The van der Waals surface area contributed by atoms with Gasteiger partial charge in [0, 0.05) is 19.2 Å². The van der Waals surface area contributed by atoms with E-state index in [0.29, 0.717) is 29.8 Å². The molecule has 1 atom stereocenters. The van der Waals surface area contributed by atoms with E-state index in [1.54, 1.807) is 21.3 Å². The van der Waals surface area contributed by atoms with Crippen LogP contribution in [0.25, 0.3) is 0 Å². The molecule has 0 amide bonds. The lowest BCUT2D eigenvalue weighted by molar-refractivity contribution is 0.262. The van der Waals surface area contributed by atoms with Crippen molar-refractivity contribution in [3.05, 3.63) is 17.7 Å². The molecule has 0 saturated carbocycles. The monoisotopic (exact) mass is 283 g/mol. The van der Waals surface area contributed by atoms with Crippen LogP contribution in [-0.2, 0) is 6.54 Å². The minimum absolute atomic E-state index is 0.195. The molecule has 5 heteroatoms. The third-order valence-electron chi connectivity index (χ3n) is 3.29.